The second-order valence-corrected chi connectivity index (χ2v) is 5.69. The van der Waals surface area contributed by atoms with Gasteiger partial charge in [0.05, 0.1) is 5.02 Å². The van der Waals surface area contributed by atoms with Gasteiger partial charge in [0.1, 0.15) is 19.3 Å². The van der Waals surface area contributed by atoms with Crippen molar-refractivity contribution in [3.8, 4) is 11.5 Å². The monoisotopic (exact) mass is 304 g/mol. The minimum Gasteiger partial charge on any atom is -0.486 e. The van der Waals surface area contributed by atoms with Crippen molar-refractivity contribution in [2.45, 2.75) is 20.0 Å². The summed E-state index contributed by atoms with van der Waals surface area (Å²) in [6.45, 7) is 5.04. The van der Waals surface area contributed by atoms with Crippen molar-refractivity contribution in [3.63, 3.8) is 0 Å². The summed E-state index contributed by atoms with van der Waals surface area (Å²) in [5, 5.41) is 11.1. The molecule has 1 heterocycles. The minimum absolute atomic E-state index is 0.478. The van der Waals surface area contributed by atoms with Crippen LogP contribution in [0.1, 0.15) is 28.4 Å². The molecule has 0 bridgehead atoms. The molecule has 1 N–H and O–H groups in total. The van der Waals surface area contributed by atoms with Crippen molar-refractivity contribution < 1.29 is 14.6 Å². The van der Waals surface area contributed by atoms with Gasteiger partial charge in [-0.25, -0.2) is 0 Å². The molecular weight excluding hydrogens is 288 g/mol. The van der Waals surface area contributed by atoms with Crippen molar-refractivity contribution in [3.05, 3.63) is 57.6 Å². The highest BCUT2D eigenvalue weighted by Crippen LogP contribution is 2.39. The molecule has 0 amide bonds. The van der Waals surface area contributed by atoms with E-state index in [0.717, 1.165) is 16.7 Å². The average molecular weight is 305 g/mol. The molecule has 1 aliphatic rings. The first-order valence-electron chi connectivity index (χ1n) is 6.90. The maximum atomic E-state index is 10.7. The molecule has 2 aromatic carbocycles. The molecule has 1 aliphatic heterocycles. The molecule has 0 radical (unpaired) electrons. The van der Waals surface area contributed by atoms with E-state index in [2.05, 4.69) is 0 Å². The second kappa shape index (κ2) is 5.58. The van der Waals surface area contributed by atoms with Gasteiger partial charge in [-0.3, -0.25) is 0 Å². The Kier molecular flexibility index (Phi) is 3.79. The van der Waals surface area contributed by atoms with Gasteiger partial charge in [-0.15, -0.1) is 0 Å². The van der Waals surface area contributed by atoms with E-state index < -0.39 is 6.10 Å². The lowest BCUT2D eigenvalue weighted by atomic mass is 9.96. The van der Waals surface area contributed by atoms with E-state index in [4.69, 9.17) is 21.1 Å². The van der Waals surface area contributed by atoms with E-state index in [1.54, 1.807) is 12.1 Å². The Morgan fingerprint density at radius 2 is 1.67 bits per heavy atom. The number of aliphatic hydroxyl groups is 1. The Morgan fingerprint density at radius 1 is 1.00 bits per heavy atom. The summed E-state index contributed by atoms with van der Waals surface area (Å²) in [6.07, 6.45) is -0.783. The van der Waals surface area contributed by atoms with Crippen LogP contribution in [0.2, 0.25) is 5.02 Å². The van der Waals surface area contributed by atoms with Crippen molar-refractivity contribution in [1.29, 1.82) is 0 Å². The molecular formula is C17H17ClO3. The number of rotatable bonds is 2. The molecule has 1 unspecified atom stereocenters. The van der Waals surface area contributed by atoms with E-state index in [1.165, 1.54) is 0 Å². The molecule has 3 rings (SSSR count). The van der Waals surface area contributed by atoms with E-state index >= 15 is 0 Å². The Hall–Kier alpha value is -1.71. The summed E-state index contributed by atoms with van der Waals surface area (Å²) in [6, 6.07) is 9.43. The third-order valence-electron chi connectivity index (χ3n) is 3.68. The first-order valence-corrected chi connectivity index (χ1v) is 7.28. The number of ether oxygens (including phenoxy) is 2. The molecule has 0 aromatic heterocycles. The van der Waals surface area contributed by atoms with Crippen LogP contribution >= 0.6 is 11.6 Å². The van der Waals surface area contributed by atoms with Gasteiger partial charge in [0.2, 0.25) is 0 Å². The van der Waals surface area contributed by atoms with Crippen molar-refractivity contribution >= 4 is 11.6 Å². The quantitative estimate of drug-likeness (QED) is 0.917. The third kappa shape index (κ3) is 2.71. The maximum absolute atomic E-state index is 10.7. The van der Waals surface area contributed by atoms with E-state index in [9.17, 15) is 5.11 Å². The lowest BCUT2D eigenvalue weighted by Crippen LogP contribution is -2.16. The fourth-order valence-corrected chi connectivity index (χ4v) is 2.85. The van der Waals surface area contributed by atoms with Crippen LogP contribution in [0.3, 0.4) is 0 Å². The summed E-state index contributed by atoms with van der Waals surface area (Å²) < 4.78 is 11.1. The van der Waals surface area contributed by atoms with Gasteiger partial charge >= 0.3 is 0 Å². The first kappa shape index (κ1) is 14.2. The van der Waals surface area contributed by atoms with Gasteiger partial charge < -0.3 is 14.6 Å². The molecule has 0 saturated heterocycles. The van der Waals surface area contributed by atoms with Crippen LogP contribution in [0.5, 0.6) is 11.5 Å². The Balaban J connectivity index is 2.03. The second-order valence-electron chi connectivity index (χ2n) is 5.28. The van der Waals surface area contributed by atoms with Crippen LogP contribution in [-0.4, -0.2) is 18.3 Å². The number of aryl methyl sites for hydroxylation is 2. The summed E-state index contributed by atoms with van der Waals surface area (Å²) in [5.41, 5.74) is 3.68. The third-order valence-corrected chi connectivity index (χ3v) is 4.00. The number of benzene rings is 2. The van der Waals surface area contributed by atoms with Crippen LogP contribution in [0.4, 0.5) is 0 Å². The summed E-state index contributed by atoms with van der Waals surface area (Å²) in [5.74, 6) is 1.26. The lowest BCUT2D eigenvalue weighted by Gasteiger charge is -2.22. The summed E-state index contributed by atoms with van der Waals surface area (Å²) in [7, 11) is 0. The van der Waals surface area contributed by atoms with Gasteiger partial charge in [-0.05, 0) is 31.0 Å². The standard InChI is InChI=1S/C17H17ClO3/c1-10-3-4-12(11(2)7-10)17(19)13-8-15-16(9-14(13)18)21-6-5-20-15/h3-4,7-9,17,19H,5-6H2,1-2H3. The average Bonchev–Trinajstić information content (AvgIpc) is 2.46. The normalized spacial score (nSPS) is 14.9. The number of fused-ring (bicyclic) bond motifs is 1. The highest BCUT2D eigenvalue weighted by molar-refractivity contribution is 6.31. The SMILES string of the molecule is Cc1ccc(C(O)c2cc3c(cc2Cl)OCCO3)c(C)c1. The van der Waals surface area contributed by atoms with Crippen LogP contribution in [-0.2, 0) is 0 Å². The van der Waals surface area contributed by atoms with Gasteiger partial charge in [-0.2, -0.15) is 0 Å². The fourth-order valence-electron chi connectivity index (χ4n) is 2.59. The molecule has 3 nitrogen and oxygen atoms in total. The predicted octanol–water partition coefficient (Wildman–Crippen LogP) is 3.81. The molecule has 0 aliphatic carbocycles. The molecule has 0 fully saturated rings. The lowest BCUT2D eigenvalue weighted by molar-refractivity contribution is 0.169. The molecule has 2 aromatic rings. The summed E-state index contributed by atoms with van der Waals surface area (Å²) in [4.78, 5) is 0. The Bertz CT molecular complexity index is 682. The zero-order valence-electron chi connectivity index (χ0n) is 12.0. The zero-order chi connectivity index (χ0) is 15.0. The first-order chi connectivity index (χ1) is 10.1. The highest BCUT2D eigenvalue weighted by atomic mass is 35.5. The van der Waals surface area contributed by atoms with Gasteiger partial charge in [0.25, 0.3) is 0 Å². The van der Waals surface area contributed by atoms with Crippen molar-refractivity contribution in [1.82, 2.24) is 0 Å². The van der Waals surface area contributed by atoms with Crippen LogP contribution < -0.4 is 9.47 Å². The number of hydrogen-bond donors (Lipinski definition) is 1. The highest BCUT2D eigenvalue weighted by Gasteiger charge is 2.21. The molecule has 1 atom stereocenters. The number of aliphatic hydroxyl groups excluding tert-OH is 1. The fraction of sp³-hybridized carbons (Fsp3) is 0.294. The number of hydrogen-bond acceptors (Lipinski definition) is 3. The molecule has 4 heteroatoms. The molecule has 0 saturated carbocycles. The van der Waals surface area contributed by atoms with Gasteiger partial charge in [0.15, 0.2) is 11.5 Å². The maximum Gasteiger partial charge on any atom is 0.162 e. The van der Waals surface area contributed by atoms with E-state index in [0.29, 0.717) is 35.3 Å². The van der Waals surface area contributed by atoms with Gasteiger partial charge in [0, 0.05) is 11.6 Å². The molecule has 0 spiro atoms. The van der Waals surface area contributed by atoms with Gasteiger partial charge in [-0.1, -0.05) is 35.4 Å². The summed E-state index contributed by atoms with van der Waals surface area (Å²) >= 11 is 6.29. The van der Waals surface area contributed by atoms with Crippen LogP contribution in [0.25, 0.3) is 0 Å². The van der Waals surface area contributed by atoms with Crippen LogP contribution in [0.15, 0.2) is 30.3 Å². The predicted molar refractivity (Wildman–Crippen MR) is 82.4 cm³/mol. The smallest absolute Gasteiger partial charge is 0.162 e. The Morgan fingerprint density at radius 3 is 2.33 bits per heavy atom. The topological polar surface area (TPSA) is 38.7 Å². The zero-order valence-corrected chi connectivity index (χ0v) is 12.8. The Labute approximate surface area is 129 Å². The van der Waals surface area contributed by atoms with E-state index in [-0.39, 0.29) is 0 Å². The van der Waals surface area contributed by atoms with Crippen LogP contribution in [0, 0.1) is 13.8 Å². The molecule has 21 heavy (non-hydrogen) atoms. The largest absolute Gasteiger partial charge is 0.486 e. The molecule has 110 valence electrons. The van der Waals surface area contributed by atoms with Crippen molar-refractivity contribution in [2.75, 3.05) is 13.2 Å². The number of halogens is 1. The minimum atomic E-state index is -0.783. The van der Waals surface area contributed by atoms with Crippen molar-refractivity contribution in [2.24, 2.45) is 0 Å². The van der Waals surface area contributed by atoms with E-state index in [1.807, 2.05) is 32.0 Å².